The molecule has 0 aliphatic carbocycles. The van der Waals surface area contributed by atoms with Crippen LogP contribution in [0.25, 0.3) is 0 Å². The van der Waals surface area contributed by atoms with Crippen molar-refractivity contribution in [3.8, 4) is 0 Å². The number of nitrogens with one attached hydrogen (secondary N) is 1. The average molecular weight is 229 g/mol. The van der Waals surface area contributed by atoms with Crippen LogP contribution in [0, 0.1) is 11.3 Å². The number of ether oxygens (including phenoxy) is 1. The van der Waals surface area contributed by atoms with E-state index in [2.05, 4.69) is 5.32 Å². The highest BCUT2D eigenvalue weighted by Crippen LogP contribution is 2.25. The summed E-state index contributed by atoms with van der Waals surface area (Å²) in [5.74, 6) is -0.0775. The number of amides is 1. The van der Waals surface area contributed by atoms with E-state index >= 15 is 0 Å². The van der Waals surface area contributed by atoms with Gasteiger partial charge in [-0.25, -0.2) is 0 Å². The minimum atomic E-state index is -0.868. The number of carbonyl (C=O) groups is 1. The van der Waals surface area contributed by atoms with Crippen molar-refractivity contribution in [2.24, 2.45) is 11.3 Å². The quantitative estimate of drug-likeness (QED) is 0.757. The van der Waals surface area contributed by atoms with Crippen molar-refractivity contribution >= 4 is 5.91 Å². The molecule has 4 heteroatoms. The molecular weight excluding hydrogens is 206 g/mol. The lowest BCUT2D eigenvalue weighted by atomic mass is 9.81. The molecule has 2 atom stereocenters. The first-order chi connectivity index (χ1) is 7.25. The molecule has 1 aliphatic heterocycles. The third-order valence-electron chi connectivity index (χ3n) is 3.37. The van der Waals surface area contributed by atoms with Crippen molar-refractivity contribution in [3.63, 3.8) is 0 Å². The number of hydrogen-bond acceptors (Lipinski definition) is 3. The fraction of sp³-hybridized carbons (Fsp3) is 0.917. The normalized spacial score (nSPS) is 27.8. The Morgan fingerprint density at radius 3 is 2.62 bits per heavy atom. The van der Waals surface area contributed by atoms with E-state index in [0.29, 0.717) is 19.6 Å². The number of hydrogen-bond donors (Lipinski definition) is 2. The smallest absolute Gasteiger partial charge is 0.223 e. The van der Waals surface area contributed by atoms with Gasteiger partial charge in [0.2, 0.25) is 5.91 Å². The summed E-state index contributed by atoms with van der Waals surface area (Å²) in [6, 6.07) is 0. The van der Waals surface area contributed by atoms with E-state index in [1.165, 1.54) is 0 Å². The van der Waals surface area contributed by atoms with Crippen LogP contribution in [0.2, 0.25) is 0 Å². The lowest BCUT2D eigenvalue weighted by molar-refractivity contribution is -0.128. The fourth-order valence-corrected chi connectivity index (χ4v) is 1.53. The summed E-state index contributed by atoms with van der Waals surface area (Å²) in [5.41, 5.74) is -0.924. The van der Waals surface area contributed by atoms with Gasteiger partial charge >= 0.3 is 0 Å². The summed E-state index contributed by atoms with van der Waals surface area (Å²) in [4.78, 5) is 11.8. The van der Waals surface area contributed by atoms with Gasteiger partial charge in [0.05, 0.1) is 6.61 Å². The van der Waals surface area contributed by atoms with Gasteiger partial charge in [-0.3, -0.25) is 4.79 Å². The van der Waals surface area contributed by atoms with Gasteiger partial charge in [-0.05, 0) is 5.41 Å². The van der Waals surface area contributed by atoms with Gasteiger partial charge in [-0.15, -0.1) is 0 Å². The maximum Gasteiger partial charge on any atom is 0.223 e. The summed E-state index contributed by atoms with van der Waals surface area (Å²) in [6.07, 6.45) is 0.594. The summed E-state index contributed by atoms with van der Waals surface area (Å²) in [7, 11) is 0. The summed E-state index contributed by atoms with van der Waals surface area (Å²) in [6.45, 7) is 9.18. The molecule has 1 aliphatic rings. The molecule has 0 bridgehead atoms. The Balaban J connectivity index is 2.40. The minimum absolute atomic E-state index is 0.00664. The van der Waals surface area contributed by atoms with Crippen LogP contribution in [-0.4, -0.2) is 36.4 Å². The molecule has 1 fully saturated rings. The SMILES string of the molecule is CC(C(=O)NCC1(O)CCOC1)C(C)(C)C. The largest absolute Gasteiger partial charge is 0.386 e. The topological polar surface area (TPSA) is 58.6 Å². The second kappa shape index (κ2) is 4.72. The summed E-state index contributed by atoms with van der Waals surface area (Å²) < 4.78 is 5.12. The molecule has 0 aromatic carbocycles. The Morgan fingerprint density at radius 2 is 2.19 bits per heavy atom. The van der Waals surface area contributed by atoms with Gasteiger partial charge in [-0.1, -0.05) is 27.7 Å². The zero-order chi connectivity index (χ0) is 12.4. The van der Waals surface area contributed by atoms with Crippen molar-refractivity contribution in [3.05, 3.63) is 0 Å². The molecule has 0 aromatic heterocycles. The predicted octanol–water partition coefficient (Wildman–Crippen LogP) is 0.936. The van der Waals surface area contributed by atoms with Crippen LogP contribution in [0.1, 0.15) is 34.1 Å². The van der Waals surface area contributed by atoms with E-state index < -0.39 is 5.60 Å². The third kappa shape index (κ3) is 3.46. The van der Waals surface area contributed by atoms with Crippen LogP contribution in [0.15, 0.2) is 0 Å². The lowest BCUT2D eigenvalue weighted by Crippen LogP contribution is -2.46. The molecule has 1 saturated heterocycles. The molecule has 1 amide bonds. The molecule has 0 spiro atoms. The van der Waals surface area contributed by atoms with Crippen LogP contribution >= 0.6 is 0 Å². The second-order valence-electron chi connectivity index (χ2n) is 5.83. The average Bonchev–Trinajstić information content (AvgIpc) is 2.60. The third-order valence-corrected chi connectivity index (χ3v) is 3.37. The van der Waals surface area contributed by atoms with E-state index in [9.17, 15) is 9.90 Å². The summed E-state index contributed by atoms with van der Waals surface area (Å²) in [5, 5.41) is 12.8. The van der Waals surface area contributed by atoms with Gasteiger partial charge < -0.3 is 15.2 Å². The van der Waals surface area contributed by atoms with Gasteiger partial charge in [0, 0.05) is 25.5 Å². The van der Waals surface area contributed by atoms with Gasteiger partial charge in [-0.2, -0.15) is 0 Å². The van der Waals surface area contributed by atoms with Crippen molar-refractivity contribution in [2.45, 2.75) is 39.7 Å². The van der Waals surface area contributed by atoms with E-state index in [-0.39, 0.29) is 23.8 Å². The Hall–Kier alpha value is -0.610. The predicted molar refractivity (Wildman–Crippen MR) is 62.0 cm³/mol. The molecule has 94 valence electrons. The zero-order valence-electron chi connectivity index (χ0n) is 10.7. The Labute approximate surface area is 97.4 Å². The van der Waals surface area contributed by atoms with E-state index in [0.717, 1.165) is 0 Å². The van der Waals surface area contributed by atoms with E-state index in [4.69, 9.17) is 4.74 Å². The first kappa shape index (κ1) is 13.5. The van der Waals surface area contributed by atoms with Crippen LogP contribution in [-0.2, 0) is 9.53 Å². The molecule has 1 heterocycles. The van der Waals surface area contributed by atoms with Crippen LogP contribution in [0.4, 0.5) is 0 Å². The Kier molecular flexibility index (Phi) is 3.97. The van der Waals surface area contributed by atoms with Crippen molar-refractivity contribution in [1.82, 2.24) is 5.32 Å². The molecule has 0 saturated carbocycles. The minimum Gasteiger partial charge on any atom is -0.386 e. The summed E-state index contributed by atoms with van der Waals surface area (Å²) >= 11 is 0. The monoisotopic (exact) mass is 229 g/mol. The van der Waals surface area contributed by atoms with Crippen LogP contribution < -0.4 is 5.32 Å². The van der Waals surface area contributed by atoms with Gasteiger partial charge in [0.15, 0.2) is 0 Å². The van der Waals surface area contributed by atoms with E-state index in [1.807, 2.05) is 27.7 Å². The van der Waals surface area contributed by atoms with Gasteiger partial charge in [0.1, 0.15) is 5.60 Å². The fourth-order valence-electron chi connectivity index (χ4n) is 1.53. The highest BCUT2D eigenvalue weighted by atomic mass is 16.5. The Bertz CT molecular complexity index is 251. The molecule has 4 nitrogen and oxygen atoms in total. The van der Waals surface area contributed by atoms with Gasteiger partial charge in [0.25, 0.3) is 0 Å². The Morgan fingerprint density at radius 1 is 1.56 bits per heavy atom. The highest BCUT2D eigenvalue weighted by molar-refractivity contribution is 5.79. The van der Waals surface area contributed by atoms with Crippen molar-refractivity contribution in [2.75, 3.05) is 19.8 Å². The second-order valence-corrected chi connectivity index (χ2v) is 5.83. The van der Waals surface area contributed by atoms with Crippen molar-refractivity contribution in [1.29, 1.82) is 0 Å². The van der Waals surface area contributed by atoms with E-state index in [1.54, 1.807) is 0 Å². The maximum atomic E-state index is 11.8. The van der Waals surface area contributed by atoms with Crippen LogP contribution in [0.5, 0.6) is 0 Å². The molecular formula is C12H23NO3. The molecule has 16 heavy (non-hydrogen) atoms. The molecule has 0 aromatic rings. The number of carbonyl (C=O) groups excluding carboxylic acids is 1. The zero-order valence-corrected chi connectivity index (χ0v) is 10.7. The van der Waals surface area contributed by atoms with Crippen LogP contribution in [0.3, 0.4) is 0 Å². The maximum absolute atomic E-state index is 11.8. The first-order valence-corrected chi connectivity index (χ1v) is 5.82. The molecule has 1 rings (SSSR count). The molecule has 0 radical (unpaired) electrons. The highest BCUT2D eigenvalue weighted by Gasteiger charge is 2.34. The number of aliphatic hydroxyl groups is 1. The number of rotatable bonds is 3. The molecule has 2 N–H and O–H groups in total. The van der Waals surface area contributed by atoms with Crippen molar-refractivity contribution < 1.29 is 14.6 Å². The lowest BCUT2D eigenvalue weighted by Gasteiger charge is -2.28. The molecule has 2 unspecified atom stereocenters. The standard InChI is InChI=1S/C12H23NO3/c1-9(11(2,3)4)10(14)13-7-12(15)5-6-16-8-12/h9,15H,5-8H2,1-4H3,(H,13,14). The first-order valence-electron chi connectivity index (χ1n) is 5.82.